The molecule has 130 valence electrons. The molecule has 2 aromatic carbocycles. The highest BCUT2D eigenvalue weighted by atomic mass is 32.1. The van der Waals surface area contributed by atoms with Gasteiger partial charge in [0.2, 0.25) is 0 Å². The molecule has 5 heteroatoms. The molecule has 0 bridgehead atoms. The van der Waals surface area contributed by atoms with Crippen LogP contribution in [0.2, 0.25) is 0 Å². The number of thiophene rings is 1. The van der Waals surface area contributed by atoms with Crippen molar-refractivity contribution in [2.45, 2.75) is 0 Å². The van der Waals surface area contributed by atoms with Crippen molar-refractivity contribution < 1.29 is 19.4 Å². The van der Waals surface area contributed by atoms with Crippen LogP contribution in [0.5, 0.6) is 5.75 Å². The predicted octanol–water partition coefficient (Wildman–Crippen LogP) is 5.02. The molecule has 0 atom stereocenters. The van der Waals surface area contributed by atoms with E-state index in [0.717, 1.165) is 10.4 Å². The number of methoxy groups -OCH3 is 1. The van der Waals surface area contributed by atoms with Crippen LogP contribution in [0.4, 0.5) is 0 Å². The Morgan fingerprint density at radius 2 is 1.81 bits per heavy atom. The maximum atomic E-state index is 12.8. The summed E-state index contributed by atoms with van der Waals surface area (Å²) in [7, 11) is 1.53. The summed E-state index contributed by atoms with van der Waals surface area (Å²) in [5.74, 6) is -0.879. The Morgan fingerprint density at radius 1 is 1.04 bits per heavy atom. The number of rotatable bonds is 6. The van der Waals surface area contributed by atoms with Crippen molar-refractivity contribution in [1.82, 2.24) is 0 Å². The van der Waals surface area contributed by atoms with Gasteiger partial charge in [0.15, 0.2) is 5.78 Å². The van der Waals surface area contributed by atoms with Crippen LogP contribution in [0, 0.1) is 0 Å². The predicted molar refractivity (Wildman–Crippen MR) is 103 cm³/mol. The fourth-order valence-corrected chi connectivity index (χ4v) is 3.35. The molecule has 0 aliphatic rings. The molecule has 0 amide bonds. The molecule has 1 aromatic heterocycles. The minimum atomic E-state index is -1.08. The summed E-state index contributed by atoms with van der Waals surface area (Å²) in [4.78, 5) is 25.1. The van der Waals surface area contributed by atoms with Crippen LogP contribution in [-0.2, 0) is 0 Å². The molecular weight excluding hydrogens is 348 g/mol. The molecule has 0 unspecified atom stereocenters. The maximum absolute atomic E-state index is 12.8. The van der Waals surface area contributed by atoms with Gasteiger partial charge in [-0.15, -0.1) is 11.3 Å². The van der Waals surface area contributed by atoms with Crippen molar-refractivity contribution in [3.63, 3.8) is 0 Å². The molecule has 0 saturated carbocycles. The first-order valence-electron chi connectivity index (χ1n) is 7.80. The summed E-state index contributed by atoms with van der Waals surface area (Å²) in [6, 6.07) is 15.5. The average Bonchev–Trinajstić information content (AvgIpc) is 3.21. The summed E-state index contributed by atoms with van der Waals surface area (Å²) in [6.45, 7) is 3.93. The van der Waals surface area contributed by atoms with E-state index in [1.165, 1.54) is 19.2 Å². The minimum absolute atomic E-state index is 0.0583. The first kappa shape index (κ1) is 17.6. The number of carbonyl (C=O) groups is 2. The smallest absolute Gasteiger partial charge is 0.335 e. The van der Waals surface area contributed by atoms with Gasteiger partial charge in [-0.2, -0.15) is 0 Å². The Hall–Kier alpha value is -3.18. The molecule has 3 aromatic rings. The highest BCUT2D eigenvalue weighted by Crippen LogP contribution is 2.34. The number of hydrogen-bond acceptors (Lipinski definition) is 4. The van der Waals surface area contributed by atoms with E-state index in [1.54, 1.807) is 29.5 Å². The zero-order chi connectivity index (χ0) is 18.7. The van der Waals surface area contributed by atoms with E-state index in [4.69, 9.17) is 9.84 Å². The number of ketones is 1. The fraction of sp³-hybridized carbons (Fsp3) is 0.0476. The average molecular weight is 364 g/mol. The van der Waals surface area contributed by atoms with Crippen molar-refractivity contribution >= 4 is 28.7 Å². The largest absolute Gasteiger partial charge is 0.496 e. The lowest BCUT2D eigenvalue weighted by molar-refractivity contribution is 0.0697. The Labute approximate surface area is 155 Å². The van der Waals surface area contributed by atoms with E-state index in [2.05, 4.69) is 6.58 Å². The molecular formula is C21H16O4S. The van der Waals surface area contributed by atoms with Crippen LogP contribution in [0.3, 0.4) is 0 Å². The molecule has 0 aliphatic heterocycles. The van der Waals surface area contributed by atoms with Gasteiger partial charge < -0.3 is 9.84 Å². The SMILES string of the molecule is C=C(C(=O)c1cccc(C(=O)O)c1)c1cc(-c2cccs2)ccc1OC. The van der Waals surface area contributed by atoms with Crippen molar-refractivity contribution in [2.24, 2.45) is 0 Å². The van der Waals surface area contributed by atoms with Gasteiger partial charge in [0.05, 0.1) is 12.7 Å². The lowest BCUT2D eigenvalue weighted by atomic mass is 9.95. The first-order chi connectivity index (χ1) is 12.5. The number of hydrogen-bond donors (Lipinski definition) is 1. The Morgan fingerprint density at radius 3 is 2.46 bits per heavy atom. The standard InChI is InChI=1S/C21H16O4S/c1-13(20(22)15-5-3-6-16(11-15)21(23)24)17-12-14(8-9-18(17)25-2)19-7-4-10-26-19/h3-12H,1H2,2H3,(H,23,24). The quantitative estimate of drug-likeness (QED) is 0.493. The second-order valence-electron chi connectivity index (χ2n) is 5.59. The number of allylic oxidation sites excluding steroid dienone is 1. The molecule has 0 aliphatic carbocycles. The van der Waals surface area contributed by atoms with Crippen LogP contribution in [0.1, 0.15) is 26.3 Å². The summed E-state index contributed by atoms with van der Waals surface area (Å²) >= 11 is 1.60. The van der Waals surface area contributed by atoms with Crippen molar-refractivity contribution in [1.29, 1.82) is 0 Å². The Kier molecular flexibility index (Phi) is 5.00. The maximum Gasteiger partial charge on any atom is 0.335 e. The molecule has 1 heterocycles. The van der Waals surface area contributed by atoms with E-state index in [-0.39, 0.29) is 22.5 Å². The number of carboxylic acids is 1. The summed E-state index contributed by atoms with van der Waals surface area (Å²) in [5, 5.41) is 11.1. The highest BCUT2D eigenvalue weighted by molar-refractivity contribution is 7.13. The minimum Gasteiger partial charge on any atom is -0.496 e. The zero-order valence-corrected chi connectivity index (χ0v) is 14.9. The van der Waals surface area contributed by atoms with E-state index >= 15 is 0 Å². The van der Waals surface area contributed by atoms with Gasteiger partial charge in [0.25, 0.3) is 0 Å². The van der Waals surface area contributed by atoms with E-state index in [0.29, 0.717) is 11.3 Å². The molecule has 26 heavy (non-hydrogen) atoms. The van der Waals surface area contributed by atoms with Gasteiger partial charge in [-0.25, -0.2) is 4.79 Å². The van der Waals surface area contributed by atoms with Gasteiger partial charge in [0, 0.05) is 21.6 Å². The molecule has 3 rings (SSSR count). The Bertz CT molecular complexity index is 987. The summed E-state index contributed by atoms with van der Waals surface area (Å²) in [5.41, 5.74) is 2.14. The lowest BCUT2D eigenvalue weighted by Crippen LogP contribution is -2.05. The second-order valence-corrected chi connectivity index (χ2v) is 6.53. The first-order valence-corrected chi connectivity index (χ1v) is 8.68. The lowest BCUT2D eigenvalue weighted by Gasteiger charge is -2.12. The molecule has 4 nitrogen and oxygen atoms in total. The third-order valence-corrected chi connectivity index (χ3v) is 4.90. The normalized spacial score (nSPS) is 10.3. The van der Waals surface area contributed by atoms with Gasteiger partial charge in [0.1, 0.15) is 5.75 Å². The van der Waals surface area contributed by atoms with Crippen molar-refractivity contribution in [3.05, 3.63) is 83.2 Å². The summed E-state index contributed by atoms with van der Waals surface area (Å²) < 4.78 is 5.38. The van der Waals surface area contributed by atoms with Crippen molar-refractivity contribution in [2.75, 3.05) is 7.11 Å². The monoisotopic (exact) mass is 364 g/mol. The Balaban J connectivity index is 2.01. The van der Waals surface area contributed by atoms with Gasteiger partial charge in [-0.05, 0) is 47.3 Å². The van der Waals surface area contributed by atoms with Crippen LogP contribution >= 0.6 is 11.3 Å². The number of Topliss-reactive ketones (excluding diaryl/α,β-unsaturated/α-hetero) is 1. The fourth-order valence-electron chi connectivity index (χ4n) is 2.63. The molecule has 0 radical (unpaired) electrons. The number of carboxylic acid groups (broad SMARTS) is 1. The van der Waals surface area contributed by atoms with E-state index in [9.17, 15) is 9.59 Å². The number of aromatic carboxylic acids is 1. The highest BCUT2D eigenvalue weighted by Gasteiger charge is 2.18. The van der Waals surface area contributed by atoms with Crippen LogP contribution < -0.4 is 4.74 Å². The molecule has 0 fully saturated rings. The summed E-state index contributed by atoms with van der Waals surface area (Å²) in [6.07, 6.45) is 0. The van der Waals surface area contributed by atoms with E-state index in [1.807, 2.05) is 29.6 Å². The van der Waals surface area contributed by atoms with Crippen molar-refractivity contribution in [3.8, 4) is 16.2 Å². The van der Waals surface area contributed by atoms with Crippen LogP contribution in [-0.4, -0.2) is 24.0 Å². The zero-order valence-electron chi connectivity index (χ0n) is 14.1. The third kappa shape index (κ3) is 3.43. The van der Waals surface area contributed by atoms with E-state index < -0.39 is 5.97 Å². The van der Waals surface area contributed by atoms with Gasteiger partial charge in [-0.3, -0.25) is 4.79 Å². The number of ether oxygens (including phenoxy) is 1. The third-order valence-electron chi connectivity index (χ3n) is 3.98. The van der Waals surface area contributed by atoms with Crippen LogP contribution in [0.25, 0.3) is 16.0 Å². The molecule has 0 spiro atoms. The molecule has 0 saturated heterocycles. The second kappa shape index (κ2) is 7.37. The number of benzene rings is 2. The topological polar surface area (TPSA) is 63.6 Å². The number of carbonyl (C=O) groups excluding carboxylic acids is 1. The molecule has 1 N–H and O–H groups in total. The van der Waals surface area contributed by atoms with Gasteiger partial charge in [-0.1, -0.05) is 24.8 Å². The van der Waals surface area contributed by atoms with Gasteiger partial charge >= 0.3 is 5.97 Å². The van der Waals surface area contributed by atoms with Crippen LogP contribution in [0.15, 0.2) is 66.6 Å².